The van der Waals surface area contributed by atoms with Crippen LogP contribution in [0.5, 0.6) is 0 Å². The van der Waals surface area contributed by atoms with Gasteiger partial charge in [0.05, 0.1) is 17.7 Å². The number of anilines is 3. The van der Waals surface area contributed by atoms with Crippen LogP contribution in [0.3, 0.4) is 0 Å². The number of benzene rings is 1. The molecule has 0 atom stereocenters. The number of rotatable bonds is 3. The third-order valence-corrected chi connectivity index (χ3v) is 6.14. The van der Waals surface area contributed by atoms with Crippen molar-refractivity contribution in [3.63, 3.8) is 0 Å². The van der Waals surface area contributed by atoms with E-state index in [1.54, 1.807) is 29.3 Å². The van der Waals surface area contributed by atoms with Crippen LogP contribution in [0.1, 0.15) is 45.7 Å². The first-order valence-corrected chi connectivity index (χ1v) is 10.5. The quantitative estimate of drug-likeness (QED) is 0.607. The molecule has 11 heteroatoms. The molecular weight excluding hydrogens is 449 g/mol. The molecule has 174 valence electrons. The van der Waals surface area contributed by atoms with Gasteiger partial charge < -0.3 is 16.0 Å². The molecule has 3 aromatic rings. The van der Waals surface area contributed by atoms with Gasteiger partial charge in [0, 0.05) is 34.9 Å². The molecule has 1 aromatic carbocycles. The van der Waals surface area contributed by atoms with Gasteiger partial charge in [0.2, 0.25) is 11.9 Å². The predicted octanol–water partition coefficient (Wildman–Crippen LogP) is 3.61. The SMILES string of the molecule is Cc1ccc(NC(=O)c2ccnc(C(F)(F)F)c2)cc1N1Cc2cnc(N)nc2C2(CC2)C1=O. The minimum atomic E-state index is -4.66. The van der Waals surface area contributed by atoms with Crippen molar-refractivity contribution in [2.24, 2.45) is 0 Å². The van der Waals surface area contributed by atoms with E-state index in [9.17, 15) is 22.8 Å². The van der Waals surface area contributed by atoms with Crippen molar-refractivity contribution in [2.45, 2.75) is 37.9 Å². The Morgan fingerprint density at radius 3 is 2.65 bits per heavy atom. The monoisotopic (exact) mass is 468 g/mol. The van der Waals surface area contributed by atoms with E-state index < -0.39 is 23.2 Å². The van der Waals surface area contributed by atoms with E-state index in [4.69, 9.17) is 5.73 Å². The summed E-state index contributed by atoms with van der Waals surface area (Å²) >= 11 is 0. The number of nitrogens with two attached hydrogens (primary N) is 1. The van der Waals surface area contributed by atoms with E-state index >= 15 is 0 Å². The number of alkyl halides is 3. The second-order valence-corrected chi connectivity index (χ2v) is 8.46. The van der Waals surface area contributed by atoms with Gasteiger partial charge in [-0.15, -0.1) is 0 Å². The van der Waals surface area contributed by atoms with E-state index in [-0.39, 0.29) is 24.0 Å². The van der Waals surface area contributed by atoms with Crippen molar-refractivity contribution in [2.75, 3.05) is 16.0 Å². The third kappa shape index (κ3) is 3.62. The summed E-state index contributed by atoms with van der Waals surface area (Å²) in [5, 5.41) is 2.61. The number of carbonyl (C=O) groups is 2. The molecule has 0 unspecified atom stereocenters. The molecule has 3 N–H and O–H groups in total. The number of halogens is 3. The molecule has 3 heterocycles. The van der Waals surface area contributed by atoms with Crippen LogP contribution in [0.15, 0.2) is 42.7 Å². The van der Waals surface area contributed by atoms with E-state index in [0.717, 1.165) is 17.3 Å². The first-order valence-electron chi connectivity index (χ1n) is 10.5. The Kier molecular flexibility index (Phi) is 4.81. The number of amides is 2. The predicted molar refractivity (Wildman–Crippen MR) is 117 cm³/mol. The highest BCUT2D eigenvalue weighted by atomic mass is 19.4. The number of nitrogens with one attached hydrogen (secondary N) is 1. The summed E-state index contributed by atoms with van der Waals surface area (Å²) < 4.78 is 38.8. The van der Waals surface area contributed by atoms with Gasteiger partial charge in [0.1, 0.15) is 5.69 Å². The summed E-state index contributed by atoms with van der Waals surface area (Å²) in [6.45, 7) is 2.08. The lowest BCUT2D eigenvalue weighted by Crippen LogP contribution is -2.45. The molecular formula is C23H19F3N6O2. The molecule has 1 aliphatic carbocycles. The van der Waals surface area contributed by atoms with E-state index in [1.807, 2.05) is 6.92 Å². The maximum atomic E-state index is 13.4. The number of pyridine rings is 1. The van der Waals surface area contributed by atoms with Crippen LogP contribution in [0.25, 0.3) is 0 Å². The number of fused-ring (bicyclic) bond motifs is 2. The number of nitrogens with zero attached hydrogens (tertiary/aromatic N) is 4. The highest BCUT2D eigenvalue weighted by Crippen LogP contribution is 2.53. The van der Waals surface area contributed by atoms with Crippen LogP contribution < -0.4 is 16.0 Å². The van der Waals surface area contributed by atoms with Gasteiger partial charge in [-0.2, -0.15) is 13.2 Å². The lowest BCUT2D eigenvalue weighted by molar-refractivity contribution is -0.141. The summed E-state index contributed by atoms with van der Waals surface area (Å²) in [7, 11) is 0. The van der Waals surface area contributed by atoms with Crippen LogP contribution in [0.2, 0.25) is 0 Å². The first kappa shape index (κ1) is 21.8. The molecule has 1 aliphatic heterocycles. The van der Waals surface area contributed by atoms with Crippen molar-refractivity contribution in [1.29, 1.82) is 0 Å². The fraction of sp³-hybridized carbons (Fsp3) is 0.261. The molecule has 0 bridgehead atoms. The van der Waals surface area contributed by atoms with Crippen molar-refractivity contribution in [1.82, 2.24) is 15.0 Å². The number of aromatic nitrogens is 3. The lowest BCUT2D eigenvalue weighted by Gasteiger charge is -2.34. The maximum Gasteiger partial charge on any atom is 0.433 e. The Bertz CT molecular complexity index is 1340. The van der Waals surface area contributed by atoms with Gasteiger partial charge in [-0.05, 0) is 49.6 Å². The lowest BCUT2D eigenvalue weighted by atomic mass is 9.91. The van der Waals surface area contributed by atoms with Crippen molar-refractivity contribution >= 4 is 29.1 Å². The van der Waals surface area contributed by atoms with Crippen LogP contribution in [-0.4, -0.2) is 26.8 Å². The standard InChI is InChI=1S/C23H19F3N6O2/c1-12-2-3-15(30-19(33)13-4-7-28-17(8-13)23(24,25)26)9-16(12)32-11-14-10-29-21(27)31-18(14)22(5-6-22)20(32)34/h2-4,7-10H,5-6,11H2,1H3,(H,30,33)(H2,27,29,31). The number of nitrogen functional groups attached to an aromatic ring is 1. The number of hydrogen-bond donors (Lipinski definition) is 2. The van der Waals surface area contributed by atoms with Gasteiger partial charge in [0.15, 0.2) is 0 Å². The van der Waals surface area contributed by atoms with Crippen molar-refractivity contribution in [3.05, 3.63) is 70.8 Å². The Hall–Kier alpha value is -4.02. The van der Waals surface area contributed by atoms with Gasteiger partial charge >= 0.3 is 6.18 Å². The average molecular weight is 468 g/mol. The van der Waals surface area contributed by atoms with Gasteiger partial charge in [-0.1, -0.05) is 6.07 Å². The fourth-order valence-electron chi connectivity index (χ4n) is 4.23. The zero-order valence-electron chi connectivity index (χ0n) is 18.0. The molecule has 1 fully saturated rings. The third-order valence-electron chi connectivity index (χ3n) is 6.14. The smallest absolute Gasteiger partial charge is 0.368 e. The topological polar surface area (TPSA) is 114 Å². The molecule has 1 spiro atoms. The van der Waals surface area contributed by atoms with Crippen LogP contribution in [0.4, 0.5) is 30.5 Å². The molecule has 8 nitrogen and oxygen atoms in total. The van der Waals surface area contributed by atoms with Crippen LogP contribution in [-0.2, 0) is 22.9 Å². The number of aryl methyl sites for hydroxylation is 1. The molecule has 1 saturated carbocycles. The number of carbonyl (C=O) groups excluding carboxylic acids is 2. The normalized spacial score (nSPS) is 16.4. The zero-order chi connectivity index (χ0) is 24.3. The second kappa shape index (κ2) is 7.51. The maximum absolute atomic E-state index is 13.4. The Morgan fingerprint density at radius 1 is 1.18 bits per heavy atom. The van der Waals surface area contributed by atoms with Gasteiger partial charge in [-0.3, -0.25) is 14.6 Å². The summed E-state index contributed by atoms with van der Waals surface area (Å²) in [4.78, 5) is 39.4. The Balaban J connectivity index is 1.45. The minimum absolute atomic E-state index is 0.103. The number of hydrogen-bond acceptors (Lipinski definition) is 6. The van der Waals surface area contributed by atoms with Crippen LogP contribution >= 0.6 is 0 Å². The van der Waals surface area contributed by atoms with Crippen molar-refractivity contribution < 1.29 is 22.8 Å². The largest absolute Gasteiger partial charge is 0.433 e. The highest BCUT2D eigenvalue weighted by Gasteiger charge is 2.58. The molecule has 34 heavy (non-hydrogen) atoms. The molecule has 2 aliphatic rings. The summed E-state index contributed by atoms with van der Waals surface area (Å²) in [5.74, 6) is -0.703. The molecule has 2 amide bonds. The van der Waals surface area contributed by atoms with E-state index in [1.165, 1.54) is 6.07 Å². The molecule has 0 radical (unpaired) electrons. The Morgan fingerprint density at radius 2 is 1.94 bits per heavy atom. The van der Waals surface area contributed by atoms with Crippen LogP contribution in [0, 0.1) is 6.92 Å². The van der Waals surface area contributed by atoms with Gasteiger partial charge in [-0.25, -0.2) is 9.97 Å². The summed E-state index contributed by atoms with van der Waals surface area (Å²) in [5.41, 5.74) is 6.88. The van der Waals surface area contributed by atoms with Crippen molar-refractivity contribution in [3.8, 4) is 0 Å². The molecule has 0 saturated heterocycles. The summed E-state index contributed by atoms with van der Waals surface area (Å²) in [6.07, 6.45) is -0.785. The highest BCUT2D eigenvalue weighted by molar-refractivity contribution is 6.07. The van der Waals surface area contributed by atoms with E-state index in [2.05, 4.69) is 20.3 Å². The molecule has 5 rings (SSSR count). The van der Waals surface area contributed by atoms with E-state index in [0.29, 0.717) is 36.0 Å². The van der Waals surface area contributed by atoms with Gasteiger partial charge in [0.25, 0.3) is 5.91 Å². The first-order chi connectivity index (χ1) is 16.1. The average Bonchev–Trinajstić information content (AvgIpc) is 3.60. The minimum Gasteiger partial charge on any atom is -0.368 e. The fourth-order valence-corrected chi connectivity index (χ4v) is 4.23. The Labute approximate surface area is 192 Å². The molecule has 2 aromatic heterocycles. The zero-order valence-corrected chi connectivity index (χ0v) is 18.0. The second-order valence-electron chi connectivity index (χ2n) is 8.46. The summed E-state index contributed by atoms with van der Waals surface area (Å²) in [6, 6.07) is 6.89.